The molecule has 0 heterocycles. The molecule has 1 unspecified atom stereocenters. The normalized spacial score (nSPS) is 12.6. The lowest BCUT2D eigenvalue weighted by Gasteiger charge is -2.16. The molecular formula is C16H25. The lowest BCUT2D eigenvalue weighted by Crippen LogP contribution is -1.99. The van der Waals surface area contributed by atoms with E-state index in [4.69, 9.17) is 0 Å². The van der Waals surface area contributed by atoms with E-state index in [0.29, 0.717) is 0 Å². The minimum Gasteiger partial charge on any atom is -0.0654 e. The van der Waals surface area contributed by atoms with Crippen molar-refractivity contribution in [2.75, 3.05) is 0 Å². The highest BCUT2D eigenvalue weighted by molar-refractivity contribution is 5.19. The summed E-state index contributed by atoms with van der Waals surface area (Å²) in [6.45, 7) is 6.22. The molecule has 1 aromatic rings. The van der Waals surface area contributed by atoms with E-state index >= 15 is 0 Å². The van der Waals surface area contributed by atoms with Crippen LogP contribution in [0.1, 0.15) is 63.4 Å². The molecule has 16 heavy (non-hydrogen) atoms. The van der Waals surface area contributed by atoms with Gasteiger partial charge in [0.05, 0.1) is 0 Å². The molecule has 0 saturated carbocycles. The van der Waals surface area contributed by atoms with E-state index < -0.39 is 0 Å². The number of hydrogen-bond donors (Lipinski definition) is 0. The first-order chi connectivity index (χ1) is 7.88. The summed E-state index contributed by atoms with van der Waals surface area (Å²) in [5.74, 6) is 0.759. The second kappa shape index (κ2) is 8.38. The summed E-state index contributed by atoms with van der Waals surface area (Å²) in [6.07, 6.45) is 9.02. The summed E-state index contributed by atoms with van der Waals surface area (Å²) in [6, 6.07) is 11.0. The summed E-state index contributed by atoms with van der Waals surface area (Å²) in [5, 5.41) is 0. The van der Waals surface area contributed by atoms with Gasteiger partial charge in [-0.15, -0.1) is 0 Å². The van der Waals surface area contributed by atoms with E-state index in [-0.39, 0.29) is 0 Å². The summed E-state index contributed by atoms with van der Waals surface area (Å²) in [4.78, 5) is 0. The van der Waals surface area contributed by atoms with Gasteiger partial charge in [-0.05, 0) is 24.3 Å². The first kappa shape index (κ1) is 13.3. The molecule has 1 radical (unpaired) electrons. The fourth-order valence-corrected chi connectivity index (χ4v) is 2.23. The fraction of sp³-hybridized carbons (Fsp3) is 0.562. The molecule has 0 heteroatoms. The highest BCUT2D eigenvalue weighted by Gasteiger charge is 2.09. The monoisotopic (exact) mass is 217 g/mol. The largest absolute Gasteiger partial charge is 0.0654 e. The number of rotatable bonds is 8. The van der Waals surface area contributed by atoms with Crippen LogP contribution in [0.5, 0.6) is 0 Å². The molecule has 0 saturated heterocycles. The summed E-state index contributed by atoms with van der Waals surface area (Å²) in [7, 11) is 0. The van der Waals surface area contributed by atoms with Gasteiger partial charge in [0.15, 0.2) is 0 Å². The van der Waals surface area contributed by atoms with E-state index in [1.807, 2.05) is 0 Å². The average Bonchev–Trinajstić information content (AvgIpc) is 2.35. The van der Waals surface area contributed by atoms with E-state index in [1.54, 1.807) is 0 Å². The predicted molar refractivity (Wildman–Crippen MR) is 72.5 cm³/mol. The Hall–Kier alpha value is -0.780. The van der Waals surface area contributed by atoms with Gasteiger partial charge in [0.25, 0.3) is 0 Å². The minimum atomic E-state index is 0.759. The zero-order chi connectivity index (χ0) is 11.6. The molecule has 1 aromatic carbocycles. The molecule has 0 aromatic heterocycles. The van der Waals surface area contributed by atoms with E-state index in [9.17, 15) is 0 Å². The SMILES string of the molecule is [CH2]CCCC(CCCCC)c1ccccc1. The van der Waals surface area contributed by atoms with Gasteiger partial charge in [0, 0.05) is 0 Å². The van der Waals surface area contributed by atoms with Gasteiger partial charge >= 0.3 is 0 Å². The molecule has 0 aliphatic rings. The summed E-state index contributed by atoms with van der Waals surface area (Å²) < 4.78 is 0. The van der Waals surface area contributed by atoms with Crippen LogP contribution >= 0.6 is 0 Å². The van der Waals surface area contributed by atoms with Crippen molar-refractivity contribution in [3.63, 3.8) is 0 Å². The lowest BCUT2D eigenvalue weighted by atomic mass is 9.89. The van der Waals surface area contributed by atoms with Gasteiger partial charge in [0.2, 0.25) is 0 Å². The highest BCUT2D eigenvalue weighted by atomic mass is 14.1. The van der Waals surface area contributed by atoms with Gasteiger partial charge in [-0.1, -0.05) is 76.3 Å². The third-order valence-electron chi connectivity index (χ3n) is 3.23. The molecule has 1 atom stereocenters. The quantitative estimate of drug-likeness (QED) is 0.514. The molecule has 0 fully saturated rings. The Labute approximate surface area is 101 Å². The number of unbranched alkanes of at least 4 members (excludes halogenated alkanes) is 3. The predicted octanol–water partition coefficient (Wildman–Crippen LogP) is 5.35. The van der Waals surface area contributed by atoms with Crippen LogP contribution in [0.25, 0.3) is 0 Å². The maximum Gasteiger partial charge on any atom is -0.0162 e. The lowest BCUT2D eigenvalue weighted by molar-refractivity contribution is 0.520. The Morgan fingerprint density at radius 2 is 1.69 bits per heavy atom. The van der Waals surface area contributed by atoms with Crippen molar-refractivity contribution in [3.8, 4) is 0 Å². The van der Waals surface area contributed by atoms with Gasteiger partial charge in [-0.25, -0.2) is 0 Å². The number of hydrogen-bond acceptors (Lipinski definition) is 0. The second-order valence-electron chi connectivity index (χ2n) is 4.60. The van der Waals surface area contributed by atoms with Crippen LogP contribution in [0.3, 0.4) is 0 Å². The van der Waals surface area contributed by atoms with E-state index in [0.717, 1.165) is 12.3 Å². The molecule has 0 aliphatic heterocycles. The summed E-state index contributed by atoms with van der Waals surface area (Å²) >= 11 is 0. The molecule has 0 amide bonds. The highest BCUT2D eigenvalue weighted by Crippen LogP contribution is 2.27. The minimum absolute atomic E-state index is 0.759. The van der Waals surface area contributed by atoms with Gasteiger partial charge in [-0.2, -0.15) is 0 Å². The Bertz CT molecular complexity index is 250. The molecule has 0 nitrogen and oxygen atoms in total. The topological polar surface area (TPSA) is 0 Å². The standard InChI is InChI=1S/C16H25/c1-3-5-8-12-15(11-6-4-2)16-13-9-7-10-14-16/h7,9-10,13-15H,2-6,8,11-12H2,1H3. The molecule has 0 spiro atoms. The molecule has 0 aliphatic carbocycles. The Balaban J connectivity index is 2.49. The first-order valence-corrected chi connectivity index (χ1v) is 6.72. The van der Waals surface area contributed by atoms with Crippen LogP contribution in [0, 0.1) is 6.92 Å². The Kier molecular flexibility index (Phi) is 6.96. The molecule has 1 rings (SSSR count). The molecular weight excluding hydrogens is 192 g/mol. The zero-order valence-electron chi connectivity index (χ0n) is 10.6. The van der Waals surface area contributed by atoms with Crippen molar-refractivity contribution in [2.24, 2.45) is 0 Å². The Morgan fingerprint density at radius 1 is 1.00 bits per heavy atom. The maximum absolute atomic E-state index is 3.95. The molecule has 0 bridgehead atoms. The van der Waals surface area contributed by atoms with Crippen LogP contribution in [0.4, 0.5) is 0 Å². The first-order valence-electron chi connectivity index (χ1n) is 6.72. The molecule has 0 N–H and O–H groups in total. The van der Waals surface area contributed by atoms with Crippen molar-refractivity contribution in [2.45, 2.75) is 57.8 Å². The zero-order valence-corrected chi connectivity index (χ0v) is 10.6. The van der Waals surface area contributed by atoms with E-state index in [1.165, 1.54) is 44.1 Å². The third-order valence-corrected chi connectivity index (χ3v) is 3.23. The van der Waals surface area contributed by atoms with Crippen molar-refractivity contribution < 1.29 is 0 Å². The van der Waals surface area contributed by atoms with Crippen LogP contribution in [0.2, 0.25) is 0 Å². The van der Waals surface area contributed by atoms with Crippen molar-refractivity contribution in [1.82, 2.24) is 0 Å². The van der Waals surface area contributed by atoms with Crippen molar-refractivity contribution >= 4 is 0 Å². The summed E-state index contributed by atoms with van der Waals surface area (Å²) in [5.41, 5.74) is 1.52. The van der Waals surface area contributed by atoms with Crippen LogP contribution in [-0.2, 0) is 0 Å². The Morgan fingerprint density at radius 3 is 2.31 bits per heavy atom. The third kappa shape index (κ3) is 4.83. The fourth-order valence-electron chi connectivity index (χ4n) is 2.23. The van der Waals surface area contributed by atoms with Gasteiger partial charge < -0.3 is 0 Å². The van der Waals surface area contributed by atoms with Crippen LogP contribution in [0.15, 0.2) is 30.3 Å². The van der Waals surface area contributed by atoms with Gasteiger partial charge in [0.1, 0.15) is 0 Å². The number of benzene rings is 1. The van der Waals surface area contributed by atoms with Crippen LogP contribution in [-0.4, -0.2) is 0 Å². The van der Waals surface area contributed by atoms with Gasteiger partial charge in [-0.3, -0.25) is 0 Å². The van der Waals surface area contributed by atoms with Crippen LogP contribution < -0.4 is 0 Å². The smallest absolute Gasteiger partial charge is 0.0162 e. The van der Waals surface area contributed by atoms with Crippen molar-refractivity contribution in [1.29, 1.82) is 0 Å². The average molecular weight is 217 g/mol. The van der Waals surface area contributed by atoms with E-state index in [2.05, 4.69) is 44.2 Å². The second-order valence-corrected chi connectivity index (χ2v) is 4.60. The molecule has 89 valence electrons. The van der Waals surface area contributed by atoms with Crippen molar-refractivity contribution in [3.05, 3.63) is 42.8 Å². The maximum atomic E-state index is 3.95.